The normalized spacial score (nSPS) is 16.1. The van der Waals surface area contributed by atoms with Crippen molar-refractivity contribution in [1.29, 1.82) is 0 Å². The van der Waals surface area contributed by atoms with Gasteiger partial charge < -0.3 is 11.1 Å². The number of aromatic nitrogens is 1. The largest absolute Gasteiger partial charge is 0.389 e. The number of nitrogens with two attached hydrogens (primary N) is 1. The highest BCUT2D eigenvalue weighted by Crippen LogP contribution is 2.25. The number of anilines is 1. The van der Waals surface area contributed by atoms with Crippen molar-refractivity contribution in [3.63, 3.8) is 0 Å². The van der Waals surface area contributed by atoms with Crippen LogP contribution in [0.4, 0.5) is 5.82 Å². The summed E-state index contributed by atoms with van der Waals surface area (Å²) < 4.78 is 0. The van der Waals surface area contributed by atoms with Crippen LogP contribution in [0.5, 0.6) is 0 Å². The summed E-state index contributed by atoms with van der Waals surface area (Å²) in [5.41, 5.74) is 7.54. The van der Waals surface area contributed by atoms with Gasteiger partial charge in [0, 0.05) is 12.2 Å². The van der Waals surface area contributed by atoms with E-state index in [0.29, 0.717) is 4.99 Å². The van der Waals surface area contributed by atoms with Crippen molar-refractivity contribution in [3.05, 3.63) is 23.4 Å². The molecule has 0 unspecified atom stereocenters. The lowest BCUT2D eigenvalue weighted by atomic mass is 10.1. The van der Waals surface area contributed by atoms with E-state index in [1.165, 1.54) is 25.7 Å². The summed E-state index contributed by atoms with van der Waals surface area (Å²) >= 11 is 5.04. The lowest BCUT2D eigenvalue weighted by Crippen LogP contribution is -2.18. The van der Waals surface area contributed by atoms with Gasteiger partial charge in [0.15, 0.2) is 0 Å². The van der Waals surface area contributed by atoms with Crippen LogP contribution in [0.15, 0.2) is 12.1 Å². The first-order valence-corrected chi connectivity index (χ1v) is 6.59. The third-order valence-corrected chi connectivity index (χ3v) is 3.55. The second-order valence-corrected chi connectivity index (χ2v) is 5.18. The molecule has 0 aliphatic heterocycles. The van der Waals surface area contributed by atoms with Crippen molar-refractivity contribution in [2.24, 2.45) is 11.7 Å². The number of rotatable bonds is 4. The van der Waals surface area contributed by atoms with Crippen LogP contribution in [0, 0.1) is 12.8 Å². The fraction of sp³-hybridized carbons (Fsp3) is 0.538. The monoisotopic (exact) mass is 249 g/mol. The average molecular weight is 249 g/mol. The third-order valence-electron chi connectivity index (χ3n) is 3.33. The summed E-state index contributed by atoms with van der Waals surface area (Å²) in [5, 5.41) is 3.40. The first-order chi connectivity index (χ1) is 8.16. The van der Waals surface area contributed by atoms with Gasteiger partial charge in [-0.1, -0.05) is 25.1 Å². The summed E-state index contributed by atoms with van der Waals surface area (Å²) in [6.45, 7) is 2.95. The maximum atomic E-state index is 5.70. The van der Waals surface area contributed by atoms with Crippen molar-refractivity contribution in [2.75, 3.05) is 11.9 Å². The summed E-state index contributed by atoms with van der Waals surface area (Å²) in [6, 6.07) is 3.89. The quantitative estimate of drug-likeness (QED) is 0.805. The first kappa shape index (κ1) is 12.3. The van der Waals surface area contributed by atoms with Crippen molar-refractivity contribution in [1.82, 2.24) is 4.98 Å². The lowest BCUT2D eigenvalue weighted by Gasteiger charge is -2.14. The predicted molar refractivity (Wildman–Crippen MR) is 75.3 cm³/mol. The number of nitrogens with zero attached hydrogens (tertiary/aromatic N) is 1. The molecule has 0 aromatic carbocycles. The number of hydrogen-bond donors (Lipinski definition) is 2. The summed E-state index contributed by atoms with van der Waals surface area (Å²) in [7, 11) is 0. The first-order valence-electron chi connectivity index (χ1n) is 6.18. The van der Waals surface area contributed by atoms with Crippen LogP contribution in [0.25, 0.3) is 0 Å². The number of thiocarbonyl (C=S) groups is 1. The SMILES string of the molecule is Cc1ccc(C(N)=S)c(NCC2CCCC2)n1. The molecule has 0 radical (unpaired) electrons. The topological polar surface area (TPSA) is 50.9 Å². The van der Waals surface area contributed by atoms with Crippen molar-refractivity contribution in [3.8, 4) is 0 Å². The molecule has 3 N–H and O–H groups in total. The molecule has 1 aliphatic carbocycles. The molecule has 0 atom stereocenters. The number of aryl methyl sites for hydroxylation is 1. The maximum Gasteiger partial charge on any atom is 0.136 e. The highest BCUT2D eigenvalue weighted by atomic mass is 32.1. The van der Waals surface area contributed by atoms with E-state index in [9.17, 15) is 0 Å². The average Bonchev–Trinajstić information content (AvgIpc) is 2.78. The molecule has 1 fully saturated rings. The molecular weight excluding hydrogens is 230 g/mol. The minimum absolute atomic E-state index is 0.409. The van der Waals surface area contributed by atoms with Crippen LogP contribution < -0.4 is 11.1 Å². The molecule has 0 saturated heterocycles. The zero-order chi connectivity index (χ0) is 12.3. The summed E-state index contributed by atoms with van der Waals surface area (Å²) in [5.74, 6) is 1.61. The standard InChI is InChI=1S/C13H19N3S/c1-9-6-7-11(12(14)17)13(16-9)15-8-10-4-2-3-5-10/h6-7,10H,2-5,8H2,1H3,(H2,14,17)(H,15,16). The van der Waals surface area contributed by atoms with Crippen LogP contribution in [0.3, 0.4) is 0 Å². The fourth-order valence-electron chi connectivity index (χ4n) is 2.35. The van der Waals surface area contributed by atoms with Gasteiger partial charge in [-0.2, -0.15) is 0 Å². The molecule has 1 aromatic heterocycles. The fourth-order valence-corrected chi connectivity index (χ4v) is 2.51. The molecule has 3 nitrogen and oxygen atoms in total. The molecule has 1 aromatic rings. The van der Waals surface area contributed by atoms with E-state index in [0.717, 1.165) is 29.5 Å². The van der Waals surface area contributed by atoms with Gasteiger partial charge in [0.05, 0.1) is 5.56 Å². The van der Waals surface area contributed by atoms with Gasteiger partial charge in [0.25, 0.3) is 0 Å². The molecule has 2 rings (SSSR count). The Bertz CT molecular complexity index is 411. The van der Waals surface area contributed by atoms with Gasteiger partial charge in [0.2, 0.25) is 0 Å². The minimum atomic E-state index is 0.409. The van der Waals surface area contributed by atoms with E-state index in [1.807, 2.05) is 19.1 Å². The number of pyridine rings is 1. The molecule has 4 heteroatoms. The molecule has 0 spiro atoms. The van der Waals surface area contributed by atoms with Crippen molar-refractivity contribution < 1.29 is 0 Å². The Morgan fingerprint density at radius 2 is 2.18 bits per heavy atom. The van der Waals surface area contributed by atoms with E-state index < -0.39 is 0 Å². The number of hydrogen-bond acceptors (Lipinski definition) is 3. The smallest absolute Gasteiger partial charge is 0.136 e. The van der Waals surface area contributed by atoms with Gasteiger partial charge in [-0.05, 0) is 37.8 Å². The van der Waals surface area contributed by atoms with Crippen molar-refractivity contribution >= 4 is 23.0 Å². The Morgan fingerprint density at radius 3 is 2.82 bits per heavy atom. The lowest BCUT2D eigenvalue weighted by molar-refractivity contribution is 0.579. The zero-order valence-corrected chi connectivity index (χ0v) is 11.0. The molecular formula is C13H19N3S. The van der Waals surface area contributed by atoms with E-state index in [-0.39, 0.29) is 0 Å². The predicted octanol–water partition coefficient (Wildman–Crippen LogP) is 2.63. The van der Waals surface area contributed by atoms with Crippen LogP contribution in [0.2, 0.25) is 0 Å². The second-order valence-electron chi connectivity index (χ2n) is 4.74. The van der Waals surface area contributed by atoms with E-state index in [1.54, 1.807) is 0 Å². The Kier molecular flexibility index (Phi) is 3.94. The van der Waals surface area contributed by atoms with Gasteiger partial charge in [-0.25, -0.2) is 4.98 Å². The Hall–Kier alpha value is -1.16. The van der Waals surface area contributed by atoms with Crippen LogP contribution in [-0.4, -0.2) is 16.5 Å². The highest BCUT2D eigenvalue weighted by molar-refractivity contribution is 7.80. The van der Waals surface area contributed by atoms with Crippen LogP contribution >= 0.6 is 12.2 Å². The van der Waals surface area contributed by atoms with Crippen molar-refractivity contribution in [2.45, 2.75) is 32.6 Å². The molecule has 0 amide bonds. The maximum absolute atomic E-state index is 5.70. The third kappa shape index (κ3) is 3.16. The molecule has 0 bridgehead atoms. The van der Waals surface area contributed by atoms with E-state index >= 15 is 0 Å². The van der Waals surface area contributed by atoms with Gasteiger partial charge >= 0.3 is 0 Å². The molecule has 1 heterocycles. The zero-order valence-electron chi connectivity index (χ0n) is 10.2. The van der Waals surface area contributed by atoms with Gasteiger partial charge in [0.1, 0.15) is 10.8 Å². The molecule has 92 valence electrons. The molecule has 1 aliphatic rings. The van der Waals surface area contributed by atoms with Crippen LogP contribution in [0.1, 0.15) is 36.9 Å². The van der Waals surface area contributed by atoms with Crippen LogP contribution in [-0.2, 0) is 0 Å². The van der Waals surface area contributed by atoms with Gasteiger partial charge in [-0.15, -0.1) is 0 Å². The Labute approximate surface area is 108 Å². The Morgan fingerprint density at radius 1 is 1.47 bits per heavy atom. The Balaban J connectivity index is 2.07. The van der Waals surface area contributed by atoms with E-state index in [4.69, 9.17) is 18.0 Å². The molecule has 17 heavy (non-hydrogen) atoms. The highest BCUT2D eigenvalue weighted by Gasteiger charge is 2.15. The molecule has 1 saturated carbocycles. The number of nitrogens with one attached hydrogen (secondary N) is 1. The van der Waals surface area contributed by atoms with E-state index in [2.05, 4.69) is 10.3 Å². The summed E-state index contributed by atoms with van der Waals surface area (Å²) in [6.07, 6.45) is 5.36. The van der Waals surface area contributed by atoms with Gasteiger partial charge in [-0.3, -0.25) is 0 Å². The minimum Gasteiger partial charge on any atom is -0.389 e. The second kappa shape index (κ2) is 5.45. The summed E-state index contributed by atoms with van der Waals surface area (Å²) in [4.78, 5) is 4.89.